The second kappa shape index (κ2) is 54.2. The first-order chi connectivity index (χ1) is 33.0. The van der Waals surface area contributed by atoms with Gasteiger partial charge in [0.2, 0.25) is 0 Å². The Morgan fingerprint density at radius 1 is 0.328 bits per heavy atom. The van der Waals surface area contributed by atoms with Gasteiger partial charge in [-0.2, -0.15) is 0 Å². The van der Waals surface area contributed by atoms with E-state index in [1.54, 1.807) is 0 Å². The largest absolute Gasteiger partial charge is 0.462 e. The molecule has 6 nitrogen and oxygen atoms in total. The van der Waals surface area contributed by atoms with Crippen LogP contribution in [0.5, 0.6) is 0 Å². The maximum Gasteiger partial charge on any atom is 0.306 e. The van der Waals surface area contributed by atoms with Crippen LogP contribution in [0.3, 0.4) is 0 Å². The maximum absolute atomic E-state index is 12.8. The van der Waals surface area contributed by atoms with E-state index in [0.717, 1.165) is 116 Å². The van der Waals surface area contributed by atoms with Gasteiger partial charge >= 0.3 is 17.9 Å². The smallest absolute Gasteiger partial charge is 0.306 e. The van der Waals surface area contributed by atoms with Crippen LogP contribution in [0.2, 0.25) is 0 Å². The van der Waals surface area contributed by atoms with Crippen molar-refractivity contribution in [2.24, 2.45) is 0 Å². The fraction of sp³-hybridized carbons (Fsp3) is 0.590. The molecule has 67 heavy (non-hydrogen) atoms. The van der Waals surface area contributed by atoms with Gasteiger partial charge in [0.1, 0.15) is 13.2 Å². The molecule has 0 bridgehead atoms. The van der Waals surface area contributed by atoms with Gasteiger partial charge in [0.15, 0.2) is 6.10 Å². The van der Waals surface area contributed by atoms with E-state index in [-0.39, 0.29) is 31.1 Å². The summed E-state index contributed by atoms with van der Waals surface area (Å²) in [5, 5.41) is 0. The van der Waals surface area contributed by atoms with Crippen molar-refractivity contribution in [1.82, 2.24) is 0 Å². The minimum absolute atomic E-state index is 0.111. The summed E-state index contributed by atoms with van der Waals surface area (Å²) in [6.45, 7) is 6.30. The molecule has 1 atom stereocenters. The number of hydrogen-bond donors (Lipinski definition) is 0. The fourth-order valence-electron chi connectivity index (χ4n) is 6.84. The Kier molecular flexibility index (Phi) is 50.6. The van der Waals surface area contributed by atoms with Crippen LogP contribution in [0.1, 0.15) is 213 Å². The molecule has 0 saturated heterocycles. The lowest BCUT2D eigenvalue weighted by atomic mass is 10.1. The summed E-state index contributed by atoms with van der Waals surface area (Å²) < 4.78 is 16.8. The number of ether oxygens (including phenoxy) is 3. The van der Waals surface area contributed by atoms with Crippen molar-refractivity contribution < 1.29 is 28.6 Å². The Morgan fingerprint density at radius 2 is 0.657 bits per heavy atom. The van der Waals surface area contributed by atoms with Crippen molar-refractivity contribution in [2.45, 2.75) is 219 Å². The van der Waals surface area contributed by atoms with Gasteiger partial charge in [0, 0.05) is 19.3 Å². The molecule has 0 fully saturated rings. The minimum Gasteiger partial charge on any atom is -0.462 e. The van der Waals surface area contributed by atoms with Crippen LogP contribution in [0.25, 0.3) is 0 Å². The number of carbonyl (C=O) groups is 3. The molecule has 376 valence electrons. The standard InChI is InChI=1S/C61H96O6/c1-4-7-10-13-16-19-22-25-28-30-31-32-34-36-39-42-45-48-51-54-60(63)66-57-58(56-65-59(62)53-50-47-44-41-38-35-27-24-21-18-15-12-9-6-3)67-61(64)55-52-49-46-43-40-37-33-29-26-23-20-17-14-11-8-5-2/h7-8,10-11,13,16-17,19-20,22,25-26,28-32,34-36,38-39,58H,4-6,9,12,14-15,18,21,23-24,27,33,37,40-57H2,1-3H3/b10-7-,11-8-,16-13-,20-17-,22-19-,28-25-,29-26-,31-30+,34-32-,38-35-,39-36-. The summed E-state index contributed by atoms with van der Waals surface area (Å²) in [6.07, 6.45) is 75.7. The monoisotopic (exact) mass is 925 g/mol. The molecule has 0 heterocycles. The van der Waals surface area contributed by atoms with Crippen molar-refractivity contribution in [3.8, 4) is 0 Å². The second-order valence-corrected chi connectivity index (χ2v) is 17.2. The summed E-state index contributed by atoms with van der Waals surface area (Å²) in [4.78, 5) is 38.1. The predicted molar refractivity (Wildman–Crippen MR) is 288 cm³/mol. The highest BCUT2D eigenvalue weighted by molar-refractivity contribution is 5.71. The summed E-state index contributed by atoms with van der Waals surface area (Å²) in [5.41, 5.74) is 0. The van der Waals surface area contributed by atoms with Gasteiger partial charge < -0.3 is 14.2 Å². The predicted octanol–water partition coefficient (Wildman–Crippen LogP) is 17.9. The molecule has 0 aromatic carbocycles. The Bertz CT molecular complexity index is 1480. The van der Waals surface area contributed by atoms with Crippen molar-refractivity contribution in [3.05, 3.63) is 134 Å². The summed E-state index contributed by atoms with van der Waals surface area (Å²) in [5.74, 6) is -0.992. The van der Waals surface area contributed by atoms with E-state index < -0.39 is 6.10 Å². The summed E-state index contributed by atoms with van der Waals surface area (Å²) in [7, 11) is 0. The quantitative estimate of drug-likeness (QED) is 0.0199. The van der Waals surface area contributed by atoms with Crippen molar-refractivity contribution in [2.75, 3.05) is 13.2 Å². The number of esters is 3. The molecule has 1 unspecified atom stereocenters. The molecule has 0 aromatic heterocycles. The van der Waals surface area contributed by atoms with Gasteiger partial charge in [0.25, 0.3) is 0 Å². The molecule has 0 aliphatic rings. The zero-order chi connectivity index (χ0) is 48.6. The molecule has 0 radical (unpaired) electrons. The van der Waals surface area contributed by atoms with Gasteiger partial charge in [-0.1, -0.05) is 231 Å². The van der Waals surface area contributed by atoms with Gasteiger partial charge in [-0.3, -0.25) is 14.4 Å². The summed E-state index contributed by atoms with van der Waals surface area (Å²) in [6, 6.07) is 0. The van der Waals surface area contributed by atoms with Gasteiger partial charge in [-0.15, -0.1) is 0 Å². The van der Waals surface area contributed by atoms with Crippen LogP contribution in [-0.2, 0) is 28.6 Å². The number of unbranched alkanes of at least 4 members (excludes halogenated alkanes) is 19. The first kappa shape index (κ1) is 62.5. The molecule has 0 spiro atoms. The van der Waals surface area contributed by atoms with Gasteiger partial charge in [-0.25, -0.2) is 0 Å². The zero-order valence-electron chi connectivity index (χ0n) is 42.9. The van der Waals surface area contributed by atoms with Crippen LogP contribution in [0.15, 0.2) is 134 Å². The summed E-state index contributed by atoms with van der Waals surface area (Å²) >= 11 is 0. The van der Waals surface area contributed by atoms with Crippen LogP contribution < -0.4 is 0 Å². The molecule has 0 aromatic rings. The lowest BCUT2D eigenvalue weighted by molar-refractivity contribution is -0.167. The number of hydrogen-bond acceptors (Lipinski definition) is 6. The number of carbonyl (C=O) groups excluding carboxylic acids is 3. The maximum atomic E-state index is 12.8. The lowest BCUT2D eigenvalue weighted by Crippen LogP contribution is -2.30. The molecule has 0 saturated carbocycles. The van der Waals surface area contributed by atoms with Gasteiger partial charge in [0.05, 0.1) is 0 Å². The third kappa shape index (κ3) is 52.4. The molecule has 0 aliphatic carbocycles. The zero-order valence-corrected chi connectivity index (χ0v) is 42.9. The number of allylic oxidation sites excluding steroid dienone is 22. The normalized spacial score (nSPS) is 13.2. The molecule has 6 heteroatoms. The molecule has 0 amide bonds. The van der Waals surface area contributed by atoms with Crippen LogP contribution in [0, 0.1) is 0 Å². The Labute approximate surface area is 411 Å². The molecule has 0 N–H and O–H groups in total. The van der Waals surface area contributed by atoms with E-state index in [1.807, 2.05) is 72.9 Å². The van der Waals surface area contributed by atoms with Crippen molar-refractivity contribution in [3.63, 3.8) is 0 Å². The molecular weight excluding hydrogens is 829 g/mol. The van der Waals surface area contributed by atoms with E-state index in [2.05, 4.69) is 81.5 Å². The van der Waals surface area contributed by atoms with Gasteiger partial charge in [-0.05, 0) is 96.3 Å². The Morgan fingerprint density at radius 3 is 1.12 bits per heavy atom. The van der Waals surface area contributed by atoms with Crippen molar-refractivity contribution in [1.29, 1.82) is 0 Å². The van der Waals surface area contributed by atoms with Crippen molar-refractivity contribution >= 4 is 17.9 Å². The molecule has 0 aliphatic heterocycles. The van der Waals surface area contributed by atoms with Crippen LogP contribution in [-0.4, -0.2) is 37.2 Å². The topological polar surface area (TPSA) is 78.9 Å². The first-order valence-corrected chi connectivity index (χ1v) is 26.8. The highest BCUT2D eigenvalue weighted by atomic mass is 16.6. The first-order valence-electron chi connectivity index (χ1n) is 26.8. The van der Waals surface area contributed by atoms with Crippen LogP contribution in [0.4, 0.5) is 0 Å². The Balaban J connectivity index is 4.56. The fourth-order valence-corrected chi connectivity index (χ4v) is 6.84. The lowest BCUT2D eigenvalue weighted by Gasteiger charge is -2.18. The third-order valence-corrected chi connectivity index (χ3v) is 10.8. The molecule has 0 rings (SSSR count). The van der Waals surface area contributed by atoms with Crippen LogP contribution >= 0.6 is 0 Å². The van der Waals surface area contributed by atoms with E-state index in [4.69, 9.17) is 14.2 Å². The Hall–Kier alpha value is -4.45. The SMILES string of the molecule is CC\C=C/C=C\C=C/C=C\C=C\C=C/C=C\CCCCCC(=O)OCC(COC(=O)CCCCC/C=C\CCCCCCCCC)OC(=O)CCCCCCCC/C=C\C/C=C\C/C=C\CC. The number of rotatable bonds is 46. The minimum atomic E-state index is -0.815. The molecular formula is C61H96O6. The average Bonchev–Trinajstić information content (AvgIpc) is 3.33. The van der Waals surface area contributed by atoms with E-state index in [9.17, 15) is 14.4 Å². The van der Waals surface area contributed by atoms with E-state index in [0.29, 0.717) is 19.3 Å². The van der Waals surface area contributed by atoms with E-state index in [1.165, 1.54) is 57.8 Å². The third-order valence-electron chi connectivity index (χ3n) is 10.8. The highest BCUT2D eigenvalue weighted by Gasteiger charge is 2.19. The van der Waals surface area contributed by atoms with E-state index >= 15 is 0 Å². The highest BCUT2D eigenvalue weighted by Crippen LogP contribution is 2.13. The second-order valence-electron chi connectivity index (χ2n) is 17.2. The average molecular weight is 925 g/mol.